The van der Waals surface area contributed by atoms with Crippen molar-refractivity contribution in [2.45, 2.75) is 20.5 Å². The van der Waals surface area contributed by atoms with Crippen molar-refractivity contribution in [1.29, 1.82) is 0 Å². The fourth-order valence-corrected chi connectivity index (χ4v) is 3.39. The van der Waals surface area contributed by atoms with Crippen LogP contribution in [0.2, 0.25) is 0 Å². The summed E-state index contributed by atoms with van der Waals surface area (Å²) in [5, 5.41) is 17.5. The lowest BCUT2D eigenvalue weighted by atomic mass is 9.94. The van der Waals surface area contributed by atoms with Gasteiger partial charge in [0.1, 0.15) is 24.0 Å². The van der Waals surface area contributed by atoms with E-state index in [4.69, 9.17) is 9.47 Å². The van der Waals surface area contributed by atoms with Crippen LogP contribution in [0.25, 0.3) is 0 Å². The fourth-order valence-electron chi connectivity index (χ4n) is 3.39. The minimum Gasteiger partial charge on any atom is -0.497 e. The van der Waals surface area contributed by atoms with Gasteiger partial charge in [0.25, 0.3) is 11.6 Å². The molecule has 10 nitrogen and oxygen atoms in total. The van der Waals surface area contributed by atoms with Crippen molar-refractivity contribution >= 4 is 29.4 Å². The summed E-state index contributed by atoms with van der Waals surface area (Å²) in [6.07, 6.45) is 1.47. The molecule has 3 aromatic rings. The maximum Gasteiger partial charge on any atom is 0.269 e. The molecule has 2 N–H and O–H groups in total. The topological polar surface area (TPSA) is 132 Å². The van der Waals surface area contributed by atoms with Gasteiger partial charge < -0.3 is 14.8 Å². The van der Waals surface area contributed by atoms with E-state index < -0.39 is 22.7 Å². The molecule has 0 saturated carbocycles. The minimum absolute atomic E-state index is 0.0251. The highest BCUT2D eigenvalue weighted by Crippen LogP contribution is 2.19. The zero-order valence-electron chi connectivity index (χ0n) is 20.7. The summed E-state index contributed by atoms with van der Waals surface area (Å²) >= 11 is 0. The lowest BCUT2D eigenvalue weighted by molar-refractivity contribution is -0.384. The molecule has 0 bridgehead atoms. The standard InChI is InChI=1S/C27H28N4O6/c1-18(2)25(26(32)29-21-8-14-23(36-3)15-9-21)27(33)30-28-16-19-6-12-24(13-7-19)37-17-20-4-10-22(11-5-20)31(34)35/h4-16,18,25H,17H2,1-3H3,(H,29,32)(H,30,33). The molecule has 0 saturated heterocycles. The second-order valence-corrected chi connectivity index (χ2v) is 8.45. The number of hydrazone groups is 1. The van der Waals surface area contributed by atoms with Crippen LogP contribution in [0.5, 0.6) is 11.5 Å². The van der Waals surface area contributed by atoms with Crippen molar-refractivity contribution in [3.05, 3.63) is 94.0 Å². The van der Waals surface area contributed by atoms with Crippen LogP contribution >= 0.6 is 0 Å². The second-order valence-electron chi connectivity index (χ2n) is 8.45. The van der Waals surface area contributed by atoms with Gasteiger partial charge >= 0.3 is 0 Å². The summed E-state index contributed by atoms with van der Waals surface area (Å²) in [7, 11) is 1.56. The van der Waals surface area contributed by atoms with Crippen molar-refractivity contribution in [2.24, 2.45) is 16.9 Å². The Labute approximate surface area is 214 Å². The van der Waals surface area contributed by atoms with Crippen LogP contribution in [0.4, 0.5) is 11.4 Å². The van der Waals surface area contributed by atoms with E-state index in [1.165, 1.54) is 18.3 Å². The Balaban J connectivity index is 1.52. The SMILES string of the molecule is COc1ccc(NC(=O)C(C(=O)NN=Cc2ccc(OCc3ccc([N+](=O)[O-])cc3)cc2)C(C)C)cc1. The molecule has 0 radical (unpaired) electrons. The van der Waals surface area contributed by atoms with Crippen molar-refractivity contribution < 1.29 is 24.0 Å². The number of hydrogen-bond acceptors (Lipinski definition) is 7. The first-order chi connectivity index (χ1) is 17.8. The third-order valence-corrected chi connectivity index (χ3v) is 5.41. The lowest BCUT2D eigenvalue weighted by Crippen LogP contribution is -2.39. The van der Waals surface area contributed by atoms with Crippen molar-refractivity contribution in [1.82, 2.24) is 5.43 Å². The minimum atomic E-state index is -0.936. The summed E-state index contributed by atoms with van der Waals surface area (Å²) in [6.45, 7) is 3.84. The Kier molecular flexibility index (Phi) is 9.31. The number of ether oxygens (including phenoxy) is 2. The largest absolute Gasteiger partial charge is 0.497 e. The van der Waals surface area contributed by atoms with E-state index in [1.807, 2.05) is 0 Å². The highest BCUT2D eigenvalue weighted by molar-refractivity contribution is 6.06. The number of non-ortho nitro benzene ring substituents is 1. The third-order valence-electron chi connectivity index (χ3n) is 5.41. The van der Waals surface area contributed by atoms with Gasteiger partial charge in [-0.05, 0) is 77.7 Å². The summed E-state index contributed by atoms with van der Waals surface area (Å²) in [5.41, 5.74) is 4.54. The molecule has 10 heteroatoms. The Morgan fingerprint density at radius 3 is 2.14 bits per heavy atom. The van der Waals surface area contributed by atoms with E-state index in [0.717, 1.165) is 5.56 Å². The summed E-state index contributed by atoms with van der Waals surface area (Å²) < 4.78 is 10.8. The van der Waals surface area contributed by atoms with Gasteiger partial charge in [0.05, 0.1) is 18.2 Å². The van der Waals surface area contributed by atoms with E-state index in [9.17, 15) is 19.7 Å². The van der Waals surface area contributed by atoms with E-state index in [1.54, 1.807) is 81.6 Å². The number of carbonyl (C=O) groups excluding carboxylic acids is 2. The number of carbonyl (C=O) groups is 2. The zero-order valence-corrected chi connectivity index (χ0v) is 20.7. The molecule has 0 aliphatic heterocycles. The molecule has 192 valence electrons. The van der Waals surface area contributed by atoms with Crippen LogP contribution in [0.3, 0.4) is 0 Å². The second kappa shape index (κ2) is 12.8. The number of hydrogen-bond donors (Lipinski definition) is 2. The number of anilines is 1. The van der Waals surface area contributed by atoms with E-state index in [0.29, 0.717) is 22.7 Å². The number of nitrogens with one attached hydrogen (secondary N) is 2. The Morgan fingerprint density at radius 2 is 1.57 bits per heavy atom. The van der Waals surface area contributed by atoms with E-state index >= 15 is 0 Å². The molecule has 0 aromatic heterocycles. The summed E-state index contributed by atoms with van der Waals surface area (Å²) in [4.78, 5) is 35.7. The van der Waals surface area contributed by atoms with Crippen LogP contribution in [0.15, 0.2) is 77.9 Å². The summed E-state index contributed by atoms with van der Waals surface area (Å²) in [6, 6.07) is 20.0. The van der Waals surface area contributed by atoms with Crippen LogP contribution < -0.4 is 20.2 Å². The van der Waals surface area contributed by atoms with E-state index in [-0.39, 0.29) is 18.2 Å². The van der Waals surface area contributed by atoms with Crippen molar-refractivity contribution in [3.63, 3.8) is 0 Å². The molecule has 0 aliphatic carbocycles. The van der Waals surface area contributed by atoms with Gasteiger partial charge in [0, 0.05) is 17.8 Å². The van der Waals surface area contributed by atoms with Crippen molar-refractivity contribution in [3.8, 4) is 11.5 Å². The predicted molar refractivity (Wildman–Crippen MR) is 140 cm³/mol. The molecular formula is C27H28N4O6. The van der Waals surface area contributed by atoms with Crippen molar-refractivity contribution in [2.75, 3.05) is 12.4 Å². The van der Waals surface area contributed by atoms with Gasteiger partial charge in [-0.15, -0.1) is 0 Å². The number of rotatable bonds is 11. The van der Waals surface area contributed by atoms with Gasteiger partial charge in [-0.1, -0.05) is 13.8 Å². The lowest BCUT2D eigenvalue weighted by Gasteiger charge is -2.18. The first-order valence-electron chi connectivity index (χ1n) is 11.5. The maximum absolute atomic E-state index is 12.7. The first-order valence-corrected chi connectivity index (χ1v) is 11.5. The molecule has 2 amide bonds. The number of benzene rings is 3. The highest BCUT2D eigenvalue weighted by atomic mass is 16.6. The van der Waals surface area contributed by atoms with Gasteiger partial charge in [-0.25, -0.2) is 5.43 Å². The number of amides is 2. The molecule has 1 atom stereocenters. The van der Waals surface area contributed by atoms with Crippen LogP contribution in [0.1, 0.15) is 25.0 Å². The quantitative estimate of drug-likeness (QED) is 0.170. The van der Waals surface area contributed by atoms with Crippen LogP contribution in [0, 0.1) is 22.0 Å². The highest BCUT2D eigenvalue weighted by Gasteiger charge is 2.30. The number of nitrogens with zero attached hydrogens (tertiary/aromatic N) is 2. The van der Waals surface area contributed by atoms with Gasteiger partial charge in [-0.3, -0.25) is 19.7 Å². The summed E-state index contributed by atoms with van der Waals surface area (Å²) in [5.74, 6) is -0.859. The molecule has 1 unspecified atom stereocenters. The Hall–Kier alpha value is -4.73. The molecule has 3 rings (SSSR count). The molecule has 37 heavy (non-hydrogen) atoms. The number of nitro benzene ring substituents is 1. The smallest absolute Gasteiger partial charge is 0.269 e. The molecular weight excluding hydrogens is 476 g/mol. The van der Waals surface area contributed by atoms with Gasteiger partial charge in [-0.2, -0.15) is 5.10 Å². The average molecular weight is 505 g/mol. The first kappa shape index (κ1) is 26.9. The molecule has 0 aliphatic rings. The Bertz CT molecular complexity index is 1240. The zero-order chi connectivity index (χ0) is 26.8. The monoisotopic (exact) mass is 504 g/mol. The maximum atomic E-state index is 12.7. The predicted octanol–water partition coefficient (Wildman–Crippen LogP) is 4.54. The van der Waals surface area contributed by atoms with Gasteiger partial charge in [0.15, 0.2) is 0 Å². The number of methoxy groups -OCH3 is 1. The normalized spacial score (nSPS) is 11.7. The Morgan fingerprint density at radius 1 is 0.946 bits per heavy atom. The molecule has 0 heterocycles. The third kappa shape index (κ3) is 7.89. The van der Waals surface area contributed by atoms with Crippen LogP contribution in [-0.4, -0.2) is 30.1 Å². The molecule has 0 spiro atoms. The van der Waals surface area contributed by atoms with Crippen LogP contribution in [-0.2, 0) is 16.2 Å². The number of nitro groups is 1. The fraction of sp³-hybridized carbons (Fsp3) is 0.222. The molecule has 0 fully saturated rings. The molecule has 3 aromatic carbocycles. The average Bonchev–Trinajstić information content (AvgIpc) is 2.88. The van der Waals surface area contributed by atoms with E-state index in [2.05, 4.69) is 15.8 Å². The van der Waals surface area contributed by atoms with Gasteiger partial charge in [0.2, 0.25) is 5.91 Å².